The molecule has 2 aromatic heterocycles. The van der Waals surface area contributed by atoms with Gasteiger partial charge in [-0.15, -0.1) is 11.3 Å². The van der Waals surface area contributed by atoms with Gasteiger partial charge >= 0.3 is 5.97 Å². The van der Waals surface area contributed by atoms with E-state index < -0.39 is 5.97 Å². The summed E-state index contributed by atoms with van der Waals surface area (Å²) >= 11 is 2.65. The van der Waals surface area contributed by atoms with Gasteiger partial charge in [-0.2, -0.15) is 0 Å². The van der Waals surface area contributed by atoms with Gasteiger partial charge in [0.05, 0.1) is 17.2 Å². The lowest BCUT2D eigenvalue weighted by molar-refractivity contribution is -0.133. The van der Waals surface area contributed by atoms with Crippen LogP contribution in [-0.4, -0.2) is 33.3 Å². The van der Waals surface area contributed by atoms with Gasteiger partial charge < -0.3 is 10.8 Å². The molecule has 0 aliphatic heterocycles. The van der Waals surface area contributed by atoms with Crippen LogP contribution in [-0.2, 0) is 4.79 Å². The summed E-state index contributed by atoms with van der Waals surface area (Å²) in [6.45, 7) is 2.09. The number of rotatable bonds is 3. The lowest BCUT2D eigenvalue weighted by Gasteiger charge is -2.00. The maximum absolute atomic E-state index is 10.6. The largest absolute Gasteiger partial charge is 0.481 e. The van der Waals surface area contributed by atoms with Crippen LogP contribution >= 0.6 is 23.1 Å². The molecule has 0 fully saturated rings. The van der Waals surface area contributed by atoms with Gasteiger partial charge in [-0.3, -0.25) is 4.79 Å². The number of aromatic nitrogens is 2. The fourth-order valence-electron chi connectivity index (χ4n) is 1.44. The second kappa shape index (κ2) is 6.02. The quantitative estimate of drug-likeness (QED) is 0.506. The van der Waals surface area contributed by atoms with Crippen LogP contribution in [0.25, 0.3) is 10.2 Å². The van der Waals surface area contributed by atoms with Crippen LogP contribution in [0.3, 0.4) is 0 Å². The SMILES string of the molecule is Cc1nc(SCC(=O)O)c2cc(C#CCN)sc2n1. The maximum atomic E-state index is 10.6. The fraction of sp³-hybridized carbons (Fsp3) is 0.250. The minimum absolute atomic E-state index is 0.0226. The number of nitrogens with zero attached hydrogens (tertiary/aromatic N) is 2. The van der Waals surface area contributed by atoms with E-state index in [0.717, 1.165) is 15.1 Å². The summed E-state index contributed by atoms with van der Waals surface area (Å²) in [7, 11) is 0. The van der Waals surface area contributed by atoms with E-state index in [2.05, 4.69) is 21.8 Å². The number of aliphatic carboxylic acids is 1. The van der Waals surface area contributed by atoms with Crippen molar-refractivity contribution in [1.82, 2.24) is 9.97 Å². The van der Waals surface area contributed by atoms with Crippen molar-refractivity contribution in [2.45, 2.75) is 11.9 Å². The molecule has 0 bridgehead atoms. The monoisotopic (exact) mass is 293 g/mol. The number of nitrogens with two attached hydrogens (primary N) is 1. The van der Waals surface area contributed by atoms with Crippen molar-refractivity contribution in [2.75, 3.05) is 12.3 Å². The number of fused-ring (bicyclic) bond motifs is 1. The van der Waals surface area contributed by atoms with Crippen LogP contribution in [0.1, 0.15) is 10.7 Å². The highest BCUT2D eigenvalue weighted by Gasteiger charge is 2.11. The van der Waals surface area contributed by atoms with Crippen molar-refractivity contribution in [1.29, 1.82) is 0 Å². The summed E-state index contributed by atoms with van der Waals surface area (Å²) in [6, 6.07) is 1.88. The molecule has 0 aromatic carbocycles. The van der Waals surface area contributed by atoms with Gasteiger partial charge in [0.1, 0.15) is 15.7 Å². The second-order valence-electron chi connectivity index (χ2n) is 3.59. The molecule has 7 heteroatoms. The van der Waals surface area contributed by atoms with Crippen LogP contribution < -0.4 is 5.73 Å². The molecule has 3 N–H and O–H groups in total. The molecule has 98 valence electrons. The lowest BCUT2D eigenvalue weighted by Crippen LogP contribution is -1.99. The van der Waals surface area contributed by atoms with Gasteiger partial charge in [0.25, 0.3) is 0 Å². The summed E-state index contributed by atoms with van der Waals surface area (Å²) in [5.74, 6) is 5.48. The highest BCUT2D eigenvalue weighted by atomic mass is 32.2. The zero-order valence-electron chi connectivity index (χ0n) is 10.1. The van der Waals surface area contributed by atoms with Gasteiger partial charge in [0.15, 0.2) is 0 Å². The number of carboxylic acids is 1. The van der Waals surface area contributed by atoms with E-state index in [1.54, 1.807) is 6.92 Å². The molecule has 5 nitrogen and oxygen atoms in total. The Morgan fingerprint density at radius 1 is 1.58 bits per heavy atom. The first-order valence-corrected chi connectivity index (χ1v) is 7.22. The second-order valence-corrected chi connectivity index (χ2v) is 5.59. The molecule has 0 aliphatic carbocycles. The molecule has 0 radical (unpaired) electrons. The standard InChI is InChI=1S/C12H11N3O2S2/c1-7-14-11(18-6-10(16)17)9-5-8(3-2-4-13)19-12(9)15-7/h5H,4,6,13H2,1H3,(H,16,17). The summed E-state index contributed by atoms with van der Waals surface area (Å²) in [6.07, 6.45) is 0. The highest BCUT2D eigenvalue weighted by molar-refractivity contribution is 8.00. The van der Waals surface area contributed by atoms with E-state index in [-0.39, 0.29) is 5.75 Å². The first-order valence-electron chi connectivity index (χ1n) is 5.42. The van der Waals surface area contributed by atoms with Crippen molar-refractivity contribution in [3.05, 3.63) is 16.8 Å². The molecule has 0 spiro atoms. The van der Waals surface area contributed by atoms with Crippen LogP contribution in [0, 0.1) is 18.8 Å². The average Bonchev–Trinajstić information content (AvgIpc) is 2.75. The molecule has 19 heavy (non-hydrogen) atoms. The van der Waals surface area contributed by atoms with Gasteiger partial charge in [-0.1, -0.05) is 23.6 Å². The van der Waals surface area contributed by atoms with E-state index in [1.165, 1.54) is 23.1 Å². The summed E-state index contributed by atoms with van der Waals surface area (Å²) in [4.78, 5) is 21.0. The normalized spacial score (nSPS) is 10.2. The lowest BCUT2D eigenvalue weighted by atomic mass is 10.3. The van der Waals surface area contributed by atoms with Crippen LogP contribution in [0.4, 0.5) is 0 Å². The topological polar surface area (TPSA) is 89.1 Å². The number of aryl methyl sites for hydroxylation is 1. The molecule has 2 heterocycles. The molecule has 0 saturated heterocycles. The van der Waals surface area contributed by atoms with Gasteiger partial charge in [0.2, 0.25) is 0 Å². The van der Waals surface area contributed by atoms with Crippen molar-refractivity contribution >= 4 is 39.3 Å². The Hall–Kier alpha value is -1.62. The number of carboxylic acid groups (broad SMARTS) is 1. The van der Waals surface area contributed by atoms with Crippen molar-refractivity contribution in [3.63, 3.8) is 0 Å². The van der Waals surface area contributed by atoms with E-state index >= 15 is 0 Å². The summed E-state index contributed by atoms with van der Waals surface area (Å²) in [5, 5.41) is 10.3. The Labute approximate surface area is 118 Å². The van der Waals surface area contributed by atoms with Crippen LogP contribution in [0.5, 0.6) is 0 Å². The Morgan fingerprint density at radius 2 is 2.37 bits per heavy atom. The fourth-order valence-corrected chi connectivity index (χ4v) is 3.22. The van der Waals surface area contributed by atoms with Crippen molar-refractivity contribution in [2.24, 2.45) is 5.73 Å². The number of thiophene rings is 1. The smallest absolute Gasteiger partial charge is 0.313 e. The van der Waals surface area contributed by atoms with Crippen molar-refractivity contribution < 1.29 is 9.90 Å². The average molecular weight is 293 g/mol. The Bertz CT molecular complexity index is 685. The molecule has 0 aliphatic rings. The first kappa shape index (κ1) is 13.8. The minimum atomic E-state index is -0.868. The van der Waals surface area contributed by atoms with E-state index in [0.29, 0.717) is 17.4 Å². The summed E-state index contributed by atoms with van der Waals surface area (Å²) in [5.41, 5.74) is 5.34. The van der Waals surface area contributed by atoms with Gasteiger partial charge in [-0.25, -0.2) is 9.97 Å². The number of thioether (sulfide) groups is 1. The third kappa shape index (κ3) is 3.44. The Balaban J connectivity index is 2.44. The predicted molar refractivity (Wildman–Crippen MR) is 76.4 cm³/mol. The van der Waals surface area contributed by atoms with E-state index in [1.807, 2.05) is 6.07 Å². The van der Waals surface area contributed by atoms with Crippen molar-refractivity contribution in [3.8, 4) is 11.8 Å². The number of carbonyl (C=O) groups is 1. The van der Waals surface area contributed by atoms with Gasteiger partial charge in [0, 0.05) is 5.39 Å². The molecular weight excluding hydrogens is 282 g/mol. The molecule has 2 rings (SSSR count). The molecule has 0 amide bonds. The Kier molecular flexibility index (Phi) is 4.37. The zero-order chi connectivity index (χ0) is 13.8. The first-order chi connectivity index (χ1) is 9.10. The number of hydrogen-bond acceptors (Lipinski definition) is 6. The summed E-state index contributed by atoms with van der Waals surface area (Å²) < 4.78 is 0. The zero-order valence-corrected chi connectivity index (χ0v) is 11.8. The van der Waals surface area contributed by atoms with Gasteiger partial charge in [-0.05, 0) is 13.0 Å². The highest BCUT2D eigenvalue weighted by Crippen LogP contribution is 2.31. The maximum Gasteiger partial charge on any atom is 0.313 e. The molecule has 0 saturated carbocycles. The molecule has 0 atom stereocenters. The predicted octanol–water partition coefficient (Wildman–Crippen LogP) is 1.49. The van der Waals surface area contributed by atoms with E-state index in [4.69, 9.17) is 10.8 Å². The third-order valence-electron chi connectivity index (χ3n) is 2.12. The molecule has 2 aromatic rings. The minimum Gasteiger partial charge on any atom is -0.481 e. The number of hydrogen-bond donors (Lipinski definition) is 2. The van der Waals surface area contributed by atoms with E-state index in [9.17, 15) is 4.79 Å². The van der Waals surface area contributed by atoms with Crippen LogP contribution in [0.2, 0.25) is 0 Å². The third-order valence-corrected chi connectivity index (χ3v) is 4.04. The Morgan fingerprint density at radius 3 is 3.05 bits per heavy atom. The molecule has 0 unspecified atom stereocenters. The van der Waals surface area contributed by atoms with Crippen LogP contribution in [0.15, 0.2) is 11.1 Å². The molecular formula is C12H11N3O2S2.